The van der Waals surface area contributed by atoms with Crippen molar-refractivity contribution < 1.29 is 14.6 Å². The lowest BCUT2D eigenvalue weighted by molar-refractivity contribution is -0.157. The number of carboxylic acid groups (broad SMARTS) is 1. The first-order chi connectivity index (χ1) is 9.07. The topological polar surface area (TPSA) is 53.0 Å². The minimum absolute atomic E-state index is 0.518. The zero-order chi connectivity index (χ0) is 13.9. The van der Waals surface area contributed by atoms with E-state index in [1.807, 2.05) is 0 Å². The fraction of sp³-hybridized carbons (Fsp3) is 0.929. The van der Waals surface area contributed by atoms with Crippen molar-refractivity contribution >= 4 is 5.97 Å². The molecule has 5 heteroatoms. The van der Waals surface area contributed by atoms with Crippen molar-refractivity contribution in [3.8, 4) is 0 Å². The summed E-state index contributed by atoms with van der Waals surface area (Å²) in [5, 5.41) is 9.59. The van der Waals surface area contributed by atoms with Crippen LogP contribution in [0.15, 0.2) is 0 Å². The molecule has 19 heavy (non-hydrogen) atoms. The molecule has 0 saturated carbocycles. The van der Waals surface area contributed by atoms with E-state index >= 15 is 0 Å². The van der Waals surface area contributed by atoms with Crippen LogP contribution in [-0.4, -0.2) is 72.9 Å². The van der Waals surface area contributed by atoms with Gasteiger partial charge in [-0.05, 0) is 26.3 Å². The van der Waals surface area contributed by atoms with Gasteiger partial charge in [-0.2, -0.15) is 0 Å². The molecule has 2 heterocycles. The maximum absolute atomic E-state index is 11.7. The van der Waals surface area contributed by atoms with Gasteiger partial charge < -0.3 is 9.84 Å². The van der Waals surface area contributed by atoms with Crippen molar-refractivity contribution in [1.29, 1.82) is 0 Å². The van der Waals surface area contributed by atoms with E-state index in [9.17, 15) is 9.90 Å². The second-order valence-corrected chi connectivity index (χ2v) is 5.91. The van der Waals surface area contributed by atoms with E-state index in [2.05, 4.69) is 23.6 Å². The van der Waals surface area contributed by atoms with Gasteiger partial charge in [0.25, 0.3) is 0 Å². The summed E-state index contributed by atoms with van der Waals surface area (Å²) in [7, 11) is 0. The Labute approximate surface area is 115 Å². The predicted octanol–water partition coefficient (Wildman–Crippen LogP) is 0.894. The molecule has 0 spiro atoms. The van der Waals surface area contributed by atoms with Crippen LogP contribution in [-0.2, 0) is 9.53 Å². The van der Waals surface area contributed by atoms with Gasteiger partial charge in [-0.15, -0.1) is 0 Å². The molecule has 2 rings (SSSR count). The number of hydrogen-bond acceptors (Lipinski definition) is 4. The first-order valence-corrected chi connectivity index (χ1v) is 7.35. The van der Waals surface area contributed by atoms with Crippen molar-refractivity contribution in [2.24, 2.45) is 5.41 Å². The van der Waals surface area contributed by atoms with E-state index in [0.29, 0.717) is 38.6 Å². The molecule has 2 aliphatic heterocycles. The van der Waals surface area contributed by atoms with Crippen LogP contribution in [0.2, 0.25) is 0 Å². The zero-order valence-electron chi connectivity index (χ0n) is 12.1. The molecule has 0 bridgehead atoms. The lowest BCUT2D eigenvalue weighted by Gasteiger charge is -2.43. The lowest BCUT2D eigenvalue weighted by Crippen LogP contribution is -2.56. The Kier molecular flexibility index (Phi) is 4.81. The summed E-state index contributed by atoms with van der Waals surface area (Å²) in [6.07, 6.45) is 1.29. The maximum Gasteiger partial charge on any atom is 0.311 e. The number of rotatable bonds is 4. The van der Waals surface area contributed by atoms with Gasteiger partial charge in [-0.25, -0.2) is 0 Å². The molecule has 2 saturated heterocycles. The Hall–Kier alpha value is -0.650. The maximum atomic E-state index is 11.7. The molecule has 1 atom stereocenters. The highest BCUT2D eigenvalue weighted by Crippen LogP contribution is 2.32. The quantitative estimate of drug-likeness (QED) is 0.822. The van der Waals surface area contributed by atoms with Crippen LogP contribution in [0.5, 0.6) is 0 Å². The molecule has 5 nitrogen and oxygen atoms in total. The second-order valence-electron chi connectivity index (χ2n) is 5.91. The SMILES string of the molecule is CCN1CCN(CC2(C(=O)O)CCOCC2)CC1C. The van der Waals surface area contributed by atoms with Gasteiger partial charge in [-0.3, -0.25) is 14.6 Å². The largest absolute Gasteiger partial charge is 0.481 e. The number of aliphatic carboxylic acids is 1. The Morgan fingerprint density at radius 3 is 2.58 bits per heavy atom. The van der Waals surface area contributed by atoms with Gasteiger partial charge in [0.15, 0.2) is 0 Å². The van der Waals surface area contributed by atoms with E-state index in [1.54, 1.807) is 0 Å². The molecule has 0 aromatic heterocycles. The lowest BCUT2D eigenvalue weighted by atomic mass is 9.79. The molecule has 0 aliphatic carbocycles. The summed E-state index contributed by atoms with van der Waals surface area (Å²) in [5.41, 5.74) is -0.591. The van der Waals surface area contributed by atoms with Gasteiger partial charge in [0.2, 0.25) is 0 Å². The number of hydrogen-bond donors (Lipinski definition) is 1. The standard InChI is InChI=1S/C14H26N2O3/c1-3-16-7-6-15(10-12(16)2)11-14(13(17)18)4-8-19-9-5-14/h12H,3-11H2,1-2H3,(H,17,18). The van der Waals surface area contributed by atoms with Crippen LogP contribution in [0.3, 0.4) is 0 Å². The molecular weight excluding hydrogens is 244 g/mol. The Balaban J connectivity index is 1.97. The second kappa shape index (κ2) is 6.20. The molecule has 2 fully saturated rings. The predicted molar refractivity (Wildman–Crippen MR) is 73.3 cm³/mol. The van der Waals surface area contributed by atoms with Crippen molar-refractivity contribution in [2.75, 3.05) is 45.9 Å². The van der Waals surface area contributed by atoms with E-state index < -0.39 is 11.4 Å². The van der Waals surface area contributed by atoms with Gasteiger partial charge in [0, 0.05) is 45.4 Å². The van der Waals surface area contributed by atoms with E-state index in [4.69, 9.17) is 4.74 Å². The normalized spacial score (nSPS) is 29.3. The Morgan fingerprint density at radius 2 is 2.05 bits per heavy atom. The van der Waals surface area contributed by atoms with Crippen molar-refractivity contribution in [3.05, 3.63) is 0 Å². The van der Waals surface area contributed by atoms with Crippen molar-refractivity contribution in [1.82, 2.24) is 9.80 Å². The van der Waals surface area contributed by atoms with Crippen LogP contribution in [0, 0.1) is 5.41 Å². The number of carbonyl (C=O) groups is 1. The number of piperazine rings is 1. The summed E-state index contributed by atoms with van der Waals surface area (Å²) < 4.78 is 5.33. The first kappa shape index (κ1) is 14.8. The number of nitrogens with zero attached hydrogens (tertiary/aromatic N) is 2. The molecule has 110 valence electrons. The molecule has 1 N–H and O–H groups in total. The Morgan fingerprint density at radius 1 is 1.37 bits per heavy atom. The average Bonchev–Trinajstić information content (AvgIpc) is 2.40. The van der Waals surface area contributed by atoms with Crippen molar-refractivity contribution in [3.63, 3.8) is 0 Å². The minimum atomic E-state index is -0.652. The van der Waals surface area contributed by atoms with Crippen LogP contribution in [0.25, 0.3) is 0 Å². The molecule has 0 aromatic carbocycles. The van der Waals surface area contributed by atoms with Gasteiger partial charge in [0.05, 0.1) is 5.41 Å². The molecular formula is C14H26N2O3. The van der Waals surface area contributed by atoms with Crippen LogP contribution in [0.4, 0.5) is 0 Å². The molecule has 1 unspecified atom stereocenters. The zero-order valence-corrected chi connectivity index (χ0v) is 12.1. The first-order valence-electron chi connectivity index (χ1n) is 7.35. The minimum Gasteiger partial charge on any atom is -0.481 e. The highest BCUT2D eigenvalue weighted by atomic mass is 16.5. The fourth-order valence-corrected chi connectivity index (χ4v) is 3.31. The highest BCUT2D eigenvalue weighted by molar-refractivity contribution is 5.75. The van der Waals surface area contributed by atoms with E-state index in [-0.39, 0.29) is 0 Å². The molecule has 0 amide bonds. The Bertz CT molecular complexity index is 316. The van der Waals surface area contributed by atoms with Gasteiger partial charge >= 0.3 is 5.97 Å². The van der Waals surface area contributed by atoms with E-state index in [0.717, 1.165) is 26.2 Å². The number of ether oxygens (including phenoxy) is 1. The number of carboxylic acids is 1. The van der Waals surface area contributed by atoms with Crippen LogP contribution >= 0.6 is 0 Å². The molecule has 0 aromatic rings. The van der Waals surface area contributed by atoms with Gasteiger partial charge in [-0.1, -0.05) is 6.92 Å². The summed E-state index contributed by atoms with van der Waals surface area (Å²) in [4.78, 5) is 16.4. The molecule has 2 aliphatic rings. The van der Waals surface area contributed by atoms with Crippen molar-refractivity contribution in [2.45, 2.75) is 32.7 Å². The average molecular weight is 270 g/mol. The number of likely N-dealkylation sites (N-methyl/N-ethyl adjacent to an activating group) is 1. The van der Waals surface area contributed by atoms with Gasteiger partial charge in [0.1, 0.15) is 0 Å². The molecule has 0 radical (unpaired) electrons. The van der Waals surface area contributed by atoms with Crippen LogP contribution < -0.4 is 0 Å². The smallest absolute Gasteiger partial charge is 0.311 e. The fourth-order valence-electron chi connectivity index (χ4n) is 3.31. The summed E-state index contributed by atoms with van der Waals surface area (Å²) in [6.45, 7) is 10.3. The van der Waals surface area contributed by atoms with Crippen LogP contribution in [0.1, 0.15) is 26.7 Å². The highest BCUT2D eigenvalue weighted by Gasteiger charge is 2.42. The third-order valence-electron chi connectivity index (χ3n) is 4.69. The van der Waals surface area contributed by atoms with E-state index in [1.165, 1.54) is 0 Å². The third kappa shape index (κ3) is 3.27. The third-order valence-corrected chi connectivity index (χ3v) is 4.69. The summed E-state index contributed by atoms with van der Waals surface area (Å²) >= 11 is 0. The summed E-state index contributed by atoms with van der Waals surface area (Å²) in [6, 6.07) is 0.518. The summed E-state index contributed by atoms with van der Waals surface area (Å²) in [5.74, 6) is -0.652. The monoisotopic (exact) mass is 270 g/mol.